The summed E-state index contributed by atoms with van der Waals surface area (Å²) in [6, 6.07) is 2.73. The van der Waals surface area contributed by atoms with E-state index in [-0.39, 0.29) is 37.4 Å². The fourth-order valence-corrected chi connectivity index (χ4v) is 3.05. The number of benzene rings is 1. The van der Waals surface area contributed by atoms with Gasteiger partial charge in [-0.1, -0.05) is 23.7 Å². The molecule has 1 aromatic rings. The van der Waals surface area contributed by atoms with Gasteiger partial charge in [0.2, 0.25) is 11.8 Å². The first kappa shape index (κ1) is 19.5. The largest absolute Gasteiger partial charge is 0.417 e. The Balaban J connectivity index is 2.04. The number of likely N-dealkylation sites (tertiary alicyclic amines) is 1. The Morgan fingerprint density at radius 3 is 2.72 bits per heavy atom. The molecule has 1 aliphatic heterocycles. The van der Waals surface area contributed by atoms with Gasteiger partial charge in [0, 0.05) is 19.5 Å². The van der Waals surface area contributed by atoms with Gasteiger partial charge in [-0.25, -0.2) is 0 Å². The van der Waals surface area contributed by atoms with Gasteiger partial charge in [0.25, 0.3) is 0 Å². The van der Waals surface area contributed by atoms with Crippen molar-refractivity contribution >= 4 is 23.4 Å². The molecule has 0 aliphatic carbocycles. The summed E-state index contributed by atoms with van der Waals surface area (Å²) in [7, 11) is 0. The summed E-state index contributed by atoms with van der Waals surface area (Å²) in [5, 5.41) is 2.04. The molecule has 0 radical (unpaired) electrons. The SMILES string of the molecule is O=C(NCc1cccc(C(F)(F)F)c1Cl)[C@@H]1CCC(=O)N1CCCF. The number of nitrogens with one attached hydrogen (secondary N) is 1. The number of halogens is 5. The lowest BCUT2D eigenvalue weighted by atomic mass is 10.1. The predicted molar refractivity (Wildman–Crippen MR) is 83.6 cm³/mol. The highest BCUT2D eigenvalue weighted by Gasteiger charge is 2.36. The van der Waals surface area contributed by atoms with Gasteiger partial charge in [-0.3, -0.25) is 14.0 Å². The van der Waals surface area contributed by atoms with Gasteiger partial charge >= 0.3 is 6.18 Å². The number of carbonyl (C=O) groups is 2. The van der Waals surface area contributed by atoms with Gasteiger partial charge in [0.05, 0.1) is 17.3 Å². The number of rotatable bonds is 6. The van der Waals surface area contributed by atoms with E-state index in [4.69, 9.17) is 11.6 Å². The van der Waals surface area contributed by atoms with E-state index in [1.165, 1.54) is 17.0 Å². The highest BCUT2D eigenvalue weighted by molar-refractivity contribution is 6.32. The lowest BCUT2D eigenvalue weighted by molar-refractivity contribution is -0.137. The minimum atomic E-state index is -4.59. The number of carbonyl (C=O) groups excluding carboxylic acids is 2. The van der Waals surface area contributed by atoms with Crippen molar-refractivity contribution in [3.05, 3.63) is 34.3 Å². The van der Waals surface area contributed by atoms with Gasteiger partial charge in [-0.05, 0) is 24.5 Å². The zero-order valence-corrected chi connectivity index (χ0v) is 14.0. The molecule has 1 saturated heterocycles. The minimum absolute atomic E-state index is 0.129. The average Bonchev–Trinajstić information content (AvgIpc) is 2.91. The molecule has 4 nitrogen and oxygen atoms in total. The molecular weight excluding hydrogens is 364 g/mol. The van der Waals surface area contributed by atoms with Crippen LogP contribution in [0.25, 0.3) is 0 Å². The molecule has 1 aliphatic rings. The third kappa shape index (κ3) is 4.62. The maximum atomic E-state index is 12.8. The van der Waals surface area contributed by atoms with Crippen molar-refractivity contribution in [1.29, 1.82) is 0 Å². The summed E-state index contributed by atoms with van der Waals surface area (Å²) in [4.78, 5) is 25.3. The Morgan fingerprint density at radius 2 is 2.08 bits per heavy atom. The van der Waals surface area contributed by atoms with Crippen LogP contribution in [0.1, 0.15) is 30.4 Å². The van der Waals surface area contributed by atoms with Crippen LogP contribution in [0.4, 0.5) is 17.6 Å². The maximum Gasteiger partial charge on any atom is 0.417 e. The van der Waals surface area contributed by atoms with Crippen LogP contribution in [0.3, 0.4) is 0 Å². The Bertz CT molecular complexity index is 652. The molecule has 0 spiro atoms. The molecule has 25 heavy (non-hydrogen) atoms. The number of amides is 2. The third-order valence-corrected chi connectivity index (χ3v) is 4.45. The van der Waals surface area contributed by atoms with Gasteiger partial charge < -0.3 is 10.2 Å². The Morgan fingerprint density at radius 1 is 1.36 bits per heavy atom. The molecule has 0 unspecified atom stereocenters. The molecule has 1 atom stereocenters. The summed E-state index contributed by atoms with van der Waals surface area (Å²) in [6.45, 7) is -0.654. The molecule has 138 valence electrons. The van der Waals surface area contributed by atoms with Gasteiger partial charge in [0.1, 0.15) is 6.04 Å². The zero-order valence-electron chi connectivity index (χ0n) is 13.2. The smallest absolute Gasteiger partial charge is 0.350 e. The van der Waals surface area contributed by atoms with Crippen LogP contribution in [0, 0.1) is 0 Å². The summed E-state index contributed by atoms with van der Waals surface area (Å²) in [5.41, 5.74) is -0.842. The topological polar surface area (TPSA) is 49.4 Å². The predicted octanol–water partition coefficient (Wildman–Crippen LogP) is 3.33. The van der Waals surface area contributed by atoms with Crippen molar-refractivity contribution < 1.29 is 27.2 Å². The Hall–Kier alpha value is -1.83. The first-order chi connectivity index (χ1) is 11.8. The second kappa shape index (κ2) is 8.03. The van der Waals surface area contributed by atoms with Crippen LogP contribution in [0.15, 0.2) is 18.2 Å². The van der Waals surface area contributed by atoms with Crippen molar-refractivity contribution in [3.8, 4) is 0 Å². The van der Waals surface area contributed by atoms with E-state index < -0.39 is 35.4 Å². The van der Waals surface area contributed by atoms with Crippen molar-refractivity contribution in [2.75, 3.05) is 13.2 Å². The molecule has 1 fully saturated rings. The molecule has 1 aromatic carbocycles. The first-order valence-electron chi connectivity index (χ1n) is 7.73. The van der Waals surface area contributed by atoms with Crippen LogP contribution in [0.2, 0.25) is 5.02 Å². The normalized spacial score (nSPS) is 17.9. The molecule has 0 saturated carbocycles. The second-order valence-corrected chi connectivity index (χ2v) is 6.06. The fourth-order valence-electron chi connectivity index (χ4n) is 2.75. The van der Waals surface area contributed by atoms with E-state index >= 15 is 0 Å². The van der Waals surface area contributed by atoms with Crippen LogP contribution in [-0.4, -0.2) is 36.0 Å². The Labute approximate surface area is 147 Å². The quantitative estimate of drug-likeness (QED) is 0.770. The highest BCUT2D eigenvalue weighted by Crippen LogP contribution is 2.36. The molecule has 1 N–H and O–H groups in total. The summed E-state index contributed by atoms with van der Waals surface area (Å²) >= 11 is 5.78. The lowest BCUT2D eigenvalue weighted by Gasteiger charge is -2.23. The highest BCUT2D eigenvalue weighted by atomic mass is 35.5. The maximum absolute atomic E-state index is 12.8. The molecule has 9 heteroatoms. The lowest BCUT2D eigenvalue weighted by Crippen LogP contribution is -2.45. The van der Waals surface area contributed by atoms with E-state index in [1.807, 2.05) is 0 Å². The summed E-state index contributed by atoms with van der Waals surface area (Å²) < 4.78 is 50.8. The number of alkyl halides is 4. The Kier molecular flexibility index (Phi) is 6.26. The first-order valence-corrected chi connectivity index (χ1v) is 8.11. The standard InChI is InChI=1S/C16H17ClF4N2O2/c17-14-10(3-1-4-11(14)16(19,20)21)9-22-15(25)12-5-6-13(24)23(12)8-2-7-18/h1,3-4,12H,2,5-9H2,(H,22,25)/t12-/m0/s1. The van der Waals surface area contributed by atoms with E-state index in [0.29, 0.717) is 6.42 Å². The number of hydrogen-bond donors (Lipinski definition) is 1. The van der Waals surface area contributed by atoms with E-state index in [2.05, 4.69) is 5.32 Å². The van der Waals surface area contributed by atoms with Crippen molar-refractivity contribution in [2.24, 2.45) is 0 Å². The number of nitrogens with zero attached hydrogens (tertiary/aromatic N) is 1. The van der Waals surface area contributed by atoms with E-state index in [9.17, 15) is 27.2 Å². The molecule has 2 amide bonds. The minimum Gasteiger partial charge on any atom is -0.350 e. The third-order valence-electron chi connectivity index (χ3n) is 4.00. The molecule has 1 heterocycles. The van der Waals surface area contributed by atoms with Crippen molar-refractivity contribution in [1.82, 2.24) is 10.2 Å². The second-order valence-electron chi connectivity index (χ2n) is 5.68. The van der Waals surface area contributed by atoms with Crippen LogP contribution in [0.5, 0.6) is 0 Å². The van der Waals surface area contributed by atoms with Crippen LogP contribution in [-0.2, 0) is 22.3 Å². The average molecular weight is 381 g/mol. The molecule has 0 bridgehead atoms. The van der Waals surface area contributed by atoms with Crippen molar-refractivity contribution in [3.63, 3.8) is 0 Å². The van der Waals surface area contributed by atoms with Crippen molar-refractivity contribution in [2.45, 2.75) is 38.0 Å². The fraction of sp³-hybridized carbons (Fsp3) is 0.500. The summed E-state index contributed by atoms with van der Waals surface area (Å²) in [6.07, 6.45) is -3.96. The summed E-state index contributed by atoms with van der Waals surface area (Å²) in [5.74, 6) is -0.719. The monoisotopic (exact) mass is 380 g/mol. The van der Waals surface area contributed by atoms with Crippen LogP contribution >= 0.6 is 11.6 Å². The van der Waals surface area contributed by atoms with Crippen LogP contribution < -0.4 is 5.32 Å². The van der Waals surface area contributed by atoms with E-state index in [0.717, 1.165) is 6.07 Å². The van der Waals surface area contributed by atoms with Gasteiger partial charge in [-0.2, -0.15) is 13.2 Å². The van der Waals surface area contributed by atoms with E-state index in [1.54, 1.807) is 0 Å². The van der Waals surface area contributed by atoms with Gasteiger partial charge in [-0.15, -0.1) is 0 Å². The molecule has 2 rings (SSSR count). The molecule has 0 aromatic heterocycles. The number of hydrogen-bond acceptors (Lipinski definition) is 2. The van der Waals surface area contributed by atoms with Gasteiger partial charge in [0.15, 0.2) is 0 Å². The molecular formula is C16H17ClF4N2O2. The zero-order chi connectivity index (χ0) is 18.6.